The van der Waals surface area contributed by atoms with Gasteiger partial charge in [0.15, 0.2) is 0 Å². The lowest BCUT2D eigenvalue weighted by atomic mass is 9.77. The molecule has 1 spiro atoms. The van der Waals surface area contributed by atoms with Crippen molar-refractivity contribution in [3.63, 3.8) is 0 Å². The lowest BCUT2D eigenvalue weighted by Gasteiger charge is -2.27. The monoisotopic (exact) mass is 577 g/mol. The number of halogens is 1. The maximum absolute atomic E-state index is 13.9. The Kier molecular flexibility index (Phi) is 5.05. The quantitative estimate of drug-likeness (QED) is 0.259. The molecule has 0 aromatic heterocycles. The van der Waals surface area contributed by atoms with E-state index in [1.54, 1.807) is 42.5 Å². The van der Waals surface area contributed by atoms with Crippen molar-refractivity contribution in [2.45, 2.75) is 25.0 Å². The van der Waals surface area contributed by atoms with Crippen LogP contribution in [0.2, 0.25) is 0 Å². The molecule has 0 bridgehead atoms. The molecule has 2 aliphatic heterocycles. The van der Waals surface area contributed by atoms with Crippen LogP contribution in [0.4, 0.5) is 5.69 Å². The van der Waals surface area contributed by atoms with Gasteiger partial charge in [-0.2, -0.15) is 0 Å². The zero-order valence-corrected chi connectivity index (χ0v) is 20.9. The highest BCUT2D eigenvalue weighted by molar-refractivity contribution is 14.1. The molecule has 2 fully saturated rings. The fourth-order valence-electron chi connectivity index (χ4n) is 5.63. The SMILES string of the molecule is CCc1ccc([C@H]2OC3(C(=O)c4ccccc4C3=O)[C@@H]3C(=O)N(c4ccccc4I)C(=O)[C@@H]23)cc1. The second-order valence-corrected chi connectivity index (χ2v) is 10.2. The third kappa shape index (κ3) is 2.91. The van der Waals surface area contributed by atoms with Crippen molar-refractivity contribution in [1.82, 2.24) is 0 Å². The Morgan fingerprint density at radius 3 is 2.03 bits per heavy atom. The van der Waals surface area contributed by atoms with Crippen molar-refractivity contribution in [3.05, 3.63) is 98.6 Å². The van der Waals surface area contributed by atoms with E-state index in [1.807, 2.05) is 37.3 Å². The minimum absolute atomic E-state index is 0.228. The zero-order valence-electron chi connectivity index (χ0n) is 18.7. The average molecular weight is 577 g/mol. The first-order valence-electron chi connectivity index (χ1n) is 11.5. The van der Waals surface area contributed by atoms with Crippen LogP contribution in [0.5, 0.6) is 0 Å². The van der Waals surface area contributed by atoms with Crippen LogP contribution in [0.1, 0.15) is 44.9 Å². The molecule has 3 aliphatic rings. The third-order valence-electron chi connectivity index (χ3n) is 7.33. The molecule has 3 aromatic rings. The number of hydrogen-bond donors (Lipinski definition) is 0. The van der Waals surface area contributed by atoms with Crippen LogP contribution >= 0.6 is 22.6 Å². The fraction of sp³-hybridized carbons (Fsp3) is 0.214. The summed E-state index contributed by atoms with van der Waals surface area (Å²) in [5, 5.41) is 0. The van der Waals surface area contributed by atoms with Crippen molar-refractivity contribution >= 4 is 51.7 Å². The molecule has 3 atom stereocenters. The molecule has 2 saturated heterocycles. The molecule has 3 aromatic carbocycles. The number of nitrogens with zero attached hydrogens (tertiary/aromatic N) is 1. The van der Waals surface area contributed by atoms with Gasteiger partial charge in [-0.3, -0.25) is 19.2 Å². The van der Waals surface area contributed by atoms with E-state index in [0.717, 1.165) is 20.5 Å². The Balaban J connectivity index is 1.54. The lowest BCUT2D eigenvalue weighted by molar-refractivity contribution is -0.127. The van der Waals surface area contributed by atoms with E-state index >= 15 is 0 Å². The van der Waals surface area contributed by atoms with E-state index < -0.39 is 46.9 Å². The second kappa shape index (κ2) is 7.93. The molecule has 2 heterocycles. The first-order chi connectivity index (χ1) is 16.9. The maximum Gasteiger partial charge on any atom is 0.241 e. The van der Waals surface area contributed by atoms with Crippen LogP contribution in [0, 0.1) is 15.4 Å². The van der Waals surface area contributed by atoms with Crippen molar-refractivity contribution in [1.29, 1.82) is 0 Å². The van der Waals surface area contributed by atoms with Gasteiger partial charge in [0.05, 0.1) is 23.6 Å². The molecule has 7 heteroatoms. The van der Waals surface area contributed by atoms with Gasteiger partial charge in [0.25, 0.3) is 0 Å². The standard InChI is InChI=1S/C28H20INO5/c1-2-15-11-13-16(14-12-15)23-21-22(27(34)30(26(21)33)20-10-6-5-9-19(20)29)28(35-23)24(31)17-7-3-4-8-18(17)25(28)32/h3-14,21-23H,2H2,1H3/t21-,22+,23-/m1/s1. The Morgan fingerprint density at radius 1 is 0.829 bits per heavy atom. The van der Waals surface area contributed by atoms with Crippen LogP contribution in [0.15, 0.2) is 72.8 Å². The Morgan fingerprint density at radius 2 is 1.43 bits per heavy atom. The van der Waals surface area contributed by atoms with Gasteiger partial charge < -0.3 is 4.74 Å². The number of ether oxygens (including phenoxy) is 1. The predicted octanol–water partition coefficient (Wildman–Crippen LogP) is 4.55. The highest BCUT2D eigenvalue weighted by atomic mass is 127. The number of fused-ring (bicyclic) bond motifs is 3. The van der Waals surface area contributed by atoms with Crippen LogP contribution in [-0.2, 0) is 20.7 Å². The number of anilines is 1. The van der Waals surface area contributed by atoms with Gasteiger partial charge in [0, 0.05) is 14.7 Å². The normalized spacial score (nSPS) is 24.4. The van der Waals surface area contributed by atoms with Crippen molar-refractivity contribution in [2.24, 2.45) is 11.8 Å². The van der Waals surface area contributed by atoms with E-state index in [-0.39, 0.29) is 11.1 Å². The first-order valence-corrected chi connectivity index (χ1v) is 12.6. The van der Waals surface area contributed by atoms with Gasteiger partial charge in [-0.1, -0.05) is 67.6 Å². The van der Waals surface area contributed by atoms with E-state index in [9.17, 15) is 19.2 Å². The summed E-state index contributed by atoms with van der Waals surface area (Å²) in [6, 6.07) is 21.2. The van der Waals surface area contributed by atoms with E-state index in [1.165, 1.54) is 0 Å². The number of amides is 2. The number of carbonyl (C=O) groups is 4. The van der Waals surface area contributed by atoms with Crippen LogP contribution in [0.25, 0.3) is 0 Å². The smallest absolute Gasteiger partial charge is 0.241 e. The second-order valence-electron chi connectivity index (χ2n) is 9.04. The van der Waals surface area contributed by atoms with Crippen molar-refractivity contribution < 1.29 is 23.9 Å². The minimum atomic E-state index is -2.05. The molecular formula is C28H20INO5. The van der Waals surface area contributed by atoms with Crippen LogP contribution < -0.4 is 4.90 Å². The van der Waals surface area contributed by atoms with Gasteiger partial charge in [-0.05, 0) is 52.3 Å². The van der Waals surface area contributed by atoms with Crippen LogP contribution in [0.3, 0.4) is 0 Å². The summed E-state index contributed by atoms with van der Waals surface area (Å²) in [4.78, 5) is 56.5. The molecule has 174 valence electrons. The Bertz CT molecular complexity index is 1390. The molecule has 1 aliphatic carbocycles. The molecule has 35 heavy (non-hydrogen) atoms. The molecule has 0 N–H and O–H groups in total. The van der Waals surface area contributed by atoms with E-state index in [2.05, 4.69) is 22.6 Å². The summed E-state index contributed by atoms with van der Waals surface area (Å²) in [5.74, 6) is -4.37. The van der Waals surface area contributed by atoms with E-state index in [4.69, 9.17) is 4.74 Å². The number of aryl methyl sites for hydroxylation is 1. The van der Waals surface area contributed by atoms with Gasteiger partial charge in [0.2, 0.25) is 29.0 Å². The summed E-state index contributed by atoms with van der Waals surface area (Å²) in [7, 11) is 0. The summed E-state index contributed by atoms with van der Waals surface area (Å²) in [5.41, 5.74) is 0.620. The first kappa shape index (κ1) is 22.3. The predicted molar refractivity (Wildman–Crippen MR) is 136 cm³/mol. The molecule has 2 amide bonds. The number of Topliss-reactive ketones (excluding diaryl/α,β-unsaturated/α-hetero) is 2. The largest absolute Gasteiger partial charge is 0.349 e. The zero-order chi connectivity index (χ0) is 24.5. The number of hydrogen-bond acceptors (Lipinski definition) is 5. The average Bonchev–Trinajstić information content (AvgIpc) is 3.45. The molecular weight excluding hydrogens is 557 g/mol. The summed E-state index contributed by atoms with van der Waals surface area (Å²) in [6.45, 7) is 2.04. The van der Waals surface area contributed by atoms with Gasteiger partial charge >= 0.3 is 0 Å². The number of ketones is 2. The number of imide groups is 1. The van der Waals surface area contributed by atoms with Gasteiger partial charge in [-0.15, -0.1) is 0 Å². The molecule has 0 unspecified atom stereocenters. The fourth-order valence-corrected chi connectivity index (χ4v) is 6.26. The molecule has 6 nitrogen and oxygen atoms in total. The Hall–Kier alpha value is -3.17. The summed E-state index contributed by atoms with van der Waals surface area (Å²) >= 11 is 2.08. The molecule has 0 radical (unpaired) electrons. The van der Waals surface area contributed by atoms with Crippen LogP contribution in [-0.4, -0.2) is 29.0 Å². The lowest BCUT2D eigenvalue weighted by Crippen LogP contribution is -2.51. The number of carbonyl (C=O) groups excluding carboxylic acids is 4. The number of rotatable bonds is 3. The number of benzene rings is 3. The molecule has 6 rings (SSSR count). The van der Waals surface area contributed by atoms with Gasteiger partial charge in [-0.25, -0.2) is 4.90 Å². The number of para-hydroxylation sites is 1. The summed E-state index contributed by atoms with van der Waals surface area (Å²) in [6.07, 6.45) is -0.0675. The highest BCUT2D eigenvalue weighted by Crippen LogP contribution is 2.57. The Labute approximate surface area is 215 Å². The molecule has 0 saturated carbocycles. The van der Waals surface area contributed by atoms with Crippen molar-refractivity contribution in [3.8, 4) is 0 Å². The minimum Gasteiger partial charge on any atom is -0.349 e. The van der Waals surface area contributed by atoms with Crippen molar-refractivity contribution in [2.75, 3.05) is 4.90 Å². The van der Waals surface area contributed by atoms with Gasteiger partial charge in [0.1, 0.15) is 0 Å². The summed E-state index contributed by atoms with van der Waals surface area (Å²) < 4.78 is 7.05. The topological polar surface area (TPSA) is 80.8 Å². The van der Waals surface area contributed by atoms with E-state index in [0.29, 0.717) is 11.3 Å². The third-order valence-corrected chi connectivity index (χ3v) is 8.24. The highest BCUT2D eigenvalue weighted by Gasteiger charge is 2.74. The maximum atomic E-state index is 13.9.